The summed E-state index contributed by atoms with van der Waals surface area (Å²) in [5.41, 5.74) is 0.834. The first-order valence-corrected chi connectivity index (χ1v) is 5.74. The summed E-state index contributed by atoms with van der Waals surface area (Å²) < 4.78 is 10.0. The standard InChI is InChI=1S/C15H14O4/c1-10(15(17)18-2)14(16)13-9-8-12(19-13)11-6-4-3-5-7-11/h3-9,14,16H,1H2,2H3. The highest BCUT2D eigenvalue weighted by molar-refractivity contribution is 5.88. The quantitative estimate of drug-likeness (QED) is 0.676. The van der Waals surface area contributed by atoms with Gasteiger partial charge in [0.1, 0.15) is 17.6 Å². The van der Waals surface area contributed by atoms with Crippen LogP contribution < -0.4 is 0 Å². The number of rotatable bonds is 4. The van der Waals surface area contributed by atoms with Gasteiger partial charge in [-0.05, 0) is 12.1 Å². The van der Waals surface area contributed by atoms with Crippen LogP contribution in [0.1, 0.15) is 11.9 Å². The number of carbonyl (C=O) groups is 1. The summed E-state index contributed by atoms with van der Waals surface area (Å²) in [5, 5.41) is 9.96. The van der Waals surface area contributed by atoms with Gasteiger partial charge in [0.05, 0.1) is 12.7 Å². The lowest BCUT2D eigenvalue weighted by atomic mass is 10.1. The van der Waals surface area contributed by atoms with Crippen molar-refractivity contribution >= 4 is 5.97 Å². The Balaban J connectivity index is 2.22. The van der Waals surface area contributed by atoms with Crippen molar-refractivity contribution in [2.75, 3.05) is 7.11 Å². The Morgan fingerprint density at radius 3 is 2.58 bits per heavy atom. The molecule has 0 bridgehead atoms. The molecular weight excluding hydrogens is 244 g/mol. The molecule has 1 heterocycles. The monoisotopic (exact) mass is 258 g/mol. The lowest BCUT2D eigenvalue weighted by Crippen LogP contribution is -2.11. The van der Waals surface area contributed by atoms with Gasteiger partial charge in [-0.25, -0.2) is 4.79 Å². The van der Waals surface area contributed by atoms with Gasteiger partial charge in [-0.2, -0.15) is 0 Å². The minimum absolute atomic E-state index is 0.0588. The highest BCUT2D eigenvalue weighted by Crippen LogP contribution is 2.28. The highest BCUT2D eigenvalue weighted by Gasteiger charge is 2.22. The van der Waals surface area contributed by atoms with E-state index in [1.54, 1.807) is 12.1 Å². The zero-order chi connectivity index (χ0) is 13.8. The number of methoxy groups -OCH3 is 1. The van der Waals surface area contributed by atoms with Crippen molar-refractivity contribution in [3.63, 3.8) is 0 Å². The van der Waals surface area contributed by atoms with E-state index < -0.39 is 12.1 Å². The van der Waals surface area contributed by atoms with Crippen molar-refractivity contribution in [3.8, 4) is 11.3 Å². The van der Waals surface area contributed by atoms with Crippen LogP contribution in [0.15, 0.2) is 59.0 Å². The van der Waals surface area contributed by atoms with Crippen LogP contribution in [-0.2, 0) is 9.53 Å². The van der Waals surface area contributed by atoms with Gasteiger partial charge in [-0.15, -0.1) is 0 Å². The smallest absolute Gasteiger partial charge is 0.336 e. The zero-order valence-electron chi connectivity index (χ0n) is 10.5. The minimum atomic E-state index is -1.20. The van der Waals surface area contributed by atoms with Gasteiger partial charge in [0.25, 0.3) is 0 Å². The number of hydrogen-bond acceptors (Lipinski definition) is 4. The first-order chi connectivity index (χ1) is 9.13. The number of aliphatic hydroxyl groups excluding tert-OH is 1. The molecular formula is C15H14O4. The van der Waals surface area contributed by atoms with E-state index in [0.717, 1.165) is 5.56 Å². The van der Waals surface area contributed by atoms with E-state index in [0.29, 0.717) is 5.76 Å². The van der Waals surface area contributed by atoms with Crippen molar-refractivity contribution in [2.45, 2.75) is 6.10 Å². The zero-order valence-corrected chi connectivity index (χ0v) is 10.5. The number of hydrogen-bond donors (Lipinski definition) is 1. The third kappa shape index (κ3) is 2.74. The normalized spacial score (nSPS) is 11.9. The molecule has 0 spiro atoms. The summed E-state index contributed by atoms with van der Waals surface area (Å²) in [6.45, 7) is 3.50. The summed E-state index contributed by atoms with van der Waals surface area (Å²) in [5.74, 6) is 0.215. The molecule has 2 aromatic rings. The van der Waals surface area contributed by atoms with E-state index >= 15 is 0 Å². The van der Waals surface area contributed by atoms with E-state index in [2.05, 4.69) is 11.3 Å². The summed E-state index contributed by atoms with van der Waals surface area (Å²) in [6, 6.07) is 12.8. The minimum Gasteiger partial charge on any atom is -0.466 e. The van der Waals surface area contributed by atoms with E-state index in [1.807, 2.05) is 30.3 Å². The van der Waals surface area contributed by atoms with E-state index in [1.165, 1.54) is 7.11 Å². The molecule has 4 heteroatoms. The molecule has 1 aromatic heterocycles. The number of carbonyl (C=O) groups excluding carboxylic acids is 1. The Hall–Kier alpha value is -2.33. The van der Waals surface area contributed by atoms with Crippen molar-refractivity contribution in [2.24, 2.45) is 0 Å². The van der Waals surface area contributed by atoms with Crippen LogP contribution in [-0.4, -0.2) is 18.2 Å². The highest BCUT2D eigenvalue weighted by atomic mass is 16.5. The van der Waals surface area contributed by atoms with E-state index in [-0.39, 0.29) is 11.3 Å². The molecule has 19 heavy (non-hydrogen) atoms. The molecule has 1 atom stereocenters. The van der Waals surface area contributed by atoms with Crippen LogP contribution in [0.4, 0.5) is 0 Å². The number of esters is 1. The van der Waals surface area contributed by atoms with Crippen molar-refractivity contribution in [1.82, 2.24) is 0 Å². The fourth-order valence-corrected chi connectivity index (χ4v) is 1.67. The second kappa shape index (κ2) is 5.54. The molecule has 1 N–H and O–H groups in total. The predicted molar refractivity (Wildman–Crippen MR) is 70.3 cm³/mol. The molecule has 0 fully saturated rings. The second-order valence-electron chi connectivity index (χ2n) is 3.99. The molecule has 1 unspecified atom stereocenters. The number of ether oxygens (including phenoxy) is 1. The summed E-state index contributed by atoms with van der Waals surface area (Å²) in [7, 11) is 1.23. The maximum absolute atomic E-state index is 11.3. The topological polar surface area (TPSA) is 59.7 Å². The predicted octanol–water partition coefficient (Wildman–Crippen LogP) is 2.71. The first kappa shape index (κ1) is 13.1. The van der Waals surface area contributed by atoms with Crippen LogP contribution in [0.5, 0.6) is 0 Å². The summed E-state index contributed by atoms with van der Waals surface area (Å²) >= 11 is 0. The lowest BCUT2D eigenvalue weighted by molar-refractivity contribution is -0.137. The van der Waals surface area contributed by atoms with Crippen LogP contribution in [0.25, 0.3) is 11.3 Å². The second-order valence-corrected chi connectivity index (χ2v) is 3.99. The van der Waals surface area contributed by atoms with Crippen LogP contribution in [0, 0.1) is 0 Å². The molecule has 0 aliphatic rings. The van der Waals surface area contributed by atoms with Gasteiger partial charge in [0.2, 0.25) is 0 Å². The van der Waals surface area contributed by atoms with Crippen LogP contribution >= 0.6 is 0 Å². The fraction of sp³-hybridized carbons (Fsp3) is 0.133. The maximum atomic E-state index is 11.3. The van der Waals surface area contributed by atoms with Crippen LogP contribution in [0.2, 0.25) is 0 Å². The van der Waals surface area contributed by atoms with Gasteiger partial charge in [-0.1, -0.05) is 36.9 Å². The van der Waals surface area contributed by atoms with Gasteiger partial charge in [-0.3, -0.25) is 0 Å². The summed E-state index contributed by atoms with van der Waals surface area (Å²) in [4.78, 5) is 11.3. The largest absolute Gasteiger partial charge is 0.466 e. The van der Waals surface area contributed by atoms with E-state index in [4.69, 9.17) is 4.42 Å². The Morgan fingerprint density at radius 2 is 1.95 bits per heavy atom. The molecule has 1 aromatic carbocycles. The lowest BCUT2D eigenvalue weighted by Gasteiger charge is -2.08. The van der Waals surface area contributed by atoms with Crippen molar-refractivity contribution in [1.29, 1.82) is 0 Å². The van der Waals surface area contributed by atoms with Crippen LogP contribution in [0.3, 0.4) is 0 Å². The third-order valence-electron chi connectivity index (χ3n) is 2.73. The van der Waals surface area contributed by atoms with Gasteiger partial charge in [0, 0.05) is 5.56 Å². The number of aliphatic hydroxyl groups is 1. The molecule has 0 radical (unpaired) electrons. The summed E-state index contributed by atoms with van der Waals surface area (Å²) in [6.07, 6.45) is -1.20. The molecule has 2 rings (SSSR count). The third-order valence-corrected chi connectivity index (χ3v) is 2.73. The van der Waals surface area contributed by atoms with Crippen molar-refractivity contribution in [3.05, 3.63) is 60.4 Å². The molecule has 0 saturated carbocycles. The van der Waals surface area contributed by atoms with Gasteiger partial charge >= 0.3 is 5.97 Å². The Labute approximate surface area is 110 Å². The molecule has 0 amide bonds. The fourth-order valence-electron chi connectivity index (χ4n) is 1.67. The van der Waals surface area contributed by atoms with Gasteiger partial charge < -0.3 is 14.3 Å². The van der Waals surface area contributed by atoms with E-state index in [9.17, 15) is 9.90 Å². The maximum Gasteiger partial charge on any atom is 0.336 e. The number of benzene rings is 1. The molecule has 0 aliphatic carbocycles. The van der Waals surface area contributed by atoms with Gasteiger partial charge in [0.15, 0.2) is 0 Å². The first-order valence-electron chi connectivity index (χ1n) is 5.74. The SMILES string of the molecule is C=C(C(=O)OC)C(O)c1ccc(-c2ccccc2)o1. The Kier molecular flexibility index (Phi) is 3.82. The Bertz CT molecular complexity index is 583. The average Bonchev–Trinajstić information content (AvgIpc) is 2.95. The molecule has 0 saturated heterocycles. The average molecular weight is 258 g/mol. The number of furan rings is 1. The molecule has 0 aliphatic heterocycles. The van der Waals surface area contributed by atoms with Crippen molar-refractivity contribution < 1.29 is 19.1 Å². The molecule has 98 valence electrons. The molecule has 4 nitrogen and oxygen atoms in total. The Morgan fingerprint density at radius 1 is 1.26 bits per heavy atom.